The molecule has 0 unspecified atom stereocenters. The molecule has 2 fully saturated rings. The van der Waals surface area contributed by atoms with E-state index in [4.69, 9.17) is 28.4 Å². The monoisotopic (exact) mass is 809 g/mol. The predicted octanol–water partition coefficient (Wildman–Crippen LogP) is 6.13. The molecule has 7 N–H and O–H groups in total. The molecule has 13 heteroatoms. The highest BCUT2D eigenvalue weighted by molar-refractivity contribution is 5.02. The minimum Gasteiger partial charge on any atom is -0.394 e. The Bertz CT molecular complexity index is 930. The molecular weight excluding hydrogens is 724 g/mol. The first-order valence-electron chi connectivity index (χ1n) is 22.7. The minimum absolute atomic E-state index is 0.0239. The van der Waals surface area contributed by atoms with Crippen molar-refractivity contribution in [1.29, 1.82) is 0 Å². The molecule has 0 aliphatic carbocycles. The maximum absolute atomic E-state index is 12.2. The summed E-state index contributed by atoms with van der Waals surface area (Å²) in [6.07, 6.45) is 15.6. The highest BCUT2D eigenvalue weighted by atomic mass is 16.8. The number of aliphatic hydroxyl groups excluding tert-OH is 5. The van der Waals surface area contributed by atoms with Crippen molar-refractivity contribution < 1.29 is 64.2 Å². The fourth-order valence-corrected chi connectivity index (χ4v) is 7.56. The second-order valence-electron chi connectivity index (χ2n) is 16.2. The largest absolute Gasteiger partial charge is 0.394 e. The van der Waals surface area contributed by atoms with E-state index < -0.39 is 74.0 Å². The highest BCUT2D eigenvalue weighted by Crippen LogP contribution is 2.42. The zero-order valence-corrected chi connectivity index (χ0v) is 35.4. The Morgan fingerprint density at radius 2 is 0.875 bits per heavy atom. The molecule has 0 aromatic carbocycles. The van der Waals surface area contributed by atoms with Crippen molar-refractivity contribution >= 4 is 0 Å². The lowest BCUT2D eigenvalue weighted by Gasteiger charge is -2.53. The molecule has 0 bridgehead atoms. The van der Waals surface area contributed by atoms with Crippen LogP contribution < -0.4 is 0 Å². The van der Waals surface area contributed by atoms with Gasteiger partial charge in [-0.3, -0.25) is 0 Å². The van der Waals surface area contributed by atoms with Gasteiger partial charge in [0.15, 0.2) is 6.29 Å². The molecule has 0 saturated carbocycles. The van der Waals surface area contributed by atoms with Crippen LogP contribution in [0.25, 0.3) is 0 Å². The summed E-state index contributed by atoms with van der Waals surface area (Å²) >= 11 is 0. The molecule has 0 aromatic rings. The van der Waals surface area contributed by atoms with Crippen LogP contribution in [0, 0.1) is 0 Å². The maximum atomic E-state index is 12.2. The Morgan fingerprint density at radius 3 is 1.30 bits per heavy atom. The Kier molecular flexibility index (Phi) is 28.1. The normalized spacial score (nSPS) is 31.0. The molecule has 0 aromatic heterocycles. The third-order valence-corrected chi connectivity index (χ3v) is 11.3. The van der Waals surface area contributed by atoms with Gasteiger partial charge in [0.1, 0.15) is 36.6 Å². The van der Waals surface area contributed by atoms with Gasteiger partial charge in [0.05, 0.1) is 26.4 Å². The molecule has 2 aliphatic heterocycles. The van der Waals surface area contributed by atoms with Crippen LogP contribution in [0.1, 0.15) is 181 Å². The van der Waals surface area contributed by atoms with E-state index in [0.717, 1.165) is 38.5 Å². The van der Waals surface area contributed by atoms with Crippen LogP contribution in [-0.2, 0) is 28.4 Å². The molecule has 2 saturated heterocycles. The quantitative estimate of drug-likeness (QED) is 0.0286. The van der Waals surface area contributed by atoms with Gasteiger partial charge in [-0.1, -0.05) is 162 Å². The van der Waals surface area contributed by atoms with Gasteiger partial charge >= 0.3 is 0 Å². The predicted molar refractivity (Wildman–Crippen MR) is 215 cm³/mol. The first-order valence-corrected chi connectivity index (χ1v) is 22.7. The minimum atomic E-state index is -2.69. The van der Waals surface area contributed by atoms with Gasteiger partial charge in [-0.15, -0.1) is 0 Å². The number of unbranched alkanes of at least 4 members (excludes halogenated alkanes) is 22. The number of hydrogen-bond donors (Lipinski definition) is 7. The van der Waals surface area contributed by atoms with Crippen molar-refractivity contribution in [2.45, 2.75) is 242 Å². The molecule has 334 valence electrons. The van der Waals surface area contributed by atoms with Crippen molar-refractivity contribution in [1.82, 2.24) is 0 Å². The van der Waals surface area contributed by atoms with Crippen molar-refractivity contribution in [3.05, 3.63) is 0 Å². The fourth-order valence-electron chi connectivity index (χ4n) is 7.56. The number of rotatable bonds is 35. The Labute approximate surface area is 338 Å². The number of ether oxygens (including phenoxy) is 6. The summed E-state index contributed by atoms with van der Waals surface area (Å²) < 4.78 is 35.1. The molecule has 10 atom stereocenters. The topological polar surface area (TPSA) is 197 Å². The molecule has 2 aliphatic rings. The summed E-state index contributed by atoms with van der Waals surface area (Å²) in [6, 6.07) is 0. The van der Waals surface area contributed by atoms with Gasteiger partial charge in [-0.2, -0.15) is 0 Å². The summed E-state index contributed by atoms with van der Waals surface area (Å²) in [4.78, 5) is 0. The van der Waals surface area contributed by atoms with Crippen LogP contribution in [0.5, 0.6) is 0 Å². The van der Waals surface area contributed by atoms with Gasteiger partial charge in [-0.05, 0) is 19.3 Å². The van der Waals surface area contributed by atoms with E-state index in [1.165, 1.54) is 103 Å². The second kappa shape index (κ2) is 30.5. The SMILES string of the molecule is CCCCCCCCCCCCCCO[C@]1(O)[C@H](OCCC)O[C@H](CO[C@@H]2O[C@H](CO)[C@@H](O)[C@H](O)[C@H]2O)[C@@H](O)[C@@]1(O)OCCCCCCCCCCCCCC. The lowest BCUT2D eigenvalue weighted by atomic mass is 9.91. The van der Waals surface area contributed by atoms with Gasteiger partial charge in [-0.25, -0.2) is 0 Å². The smallest absolute Gasteiger partial charge is 0.276 e. The van der Waals surface area contributed by atoms with Crippen molar-refractivity contribution in [3.8, 4) is 0 Å². The first kappa shape index (κ1) is 51.6. The van der Waals surface area contributed by atoms with E-state index in [-0.39, 0.29) is 19.8 Å². The molecule has 0 spiro atoms. The summed E-state index contributed by atoms with van der Waals surface area (Å²) in [5.74, 6) is -5.29. The molecule has 56 heavy (non-hydrogen) atoms. The lowest BCUT2D eigenvalue weighted by molar-refractivity contribution is -0.499. The van der Waals surface area contributed by atoms with Crippen molar-refractivity contribution in [2.24, 2.45) is 0 Å². The van der Waals surface area contributed by atoms with Gasteiger partial charge < -0.3 is 64.2 Å². The third-order valence-electron chi connectivity index (χ3n) is 11.3. The van der Waals surface area contributed by atoms with Crippen molar-refractivity contribution in [2.75, 3.05) is 33.0 Å². The van der Waals surface area contributed by atoms with Gasteiger partial charge in [0.25, 0.3) is 11.6 Å². The van der Waals surface area contributed by atoms with E-state index in [2.05, 4.69) is 13.8 Å². The van der Waals surface area contributed by atoms with E-state index in [0.29, 0.717) is 19.3 Å². The van der Waals surface area contributed by atoms with Gasteiger partial charge in [0.2, 0.25) is 6.29 Å². The van der Waals surface area contributed by atoms with E-state index in [1.807, 2.05) is 6.92 Å². The number of hydrogen-bond acceptors (Lipinski definition) is 13. The van der Waals surface area contributed by atoms with E-state index in [9.17, 15) is 35.7 Å². The summed E-state index contributed by atoms with van der Waals surface area (Å²) in [5.41, 5.74) is 0. The molecule has 2 rings (SSSR count). The van der Waals surface area contributed by atoms with Crippen LogP contribution in [0.3, 0.4) is 0 Å². The summed E-state index contributed by atoms with van der Waals surface area (Å²) in [6.45, 7) is 5.41. The van der Waals surface area contributed by atoms with Crippen LogP contribution >= 0.6 is 0 Å². The summed E-state index contributed by atoms with van der Waals surface area (Å²) in [5, 5.41) is 76.4. The number of aliphatic hydroxyl groups is 7. The lowest BCUT2D eigenvalue weighted by Crippen LogP contribution is -2.77. The van der Waals surface area contributed by atoms with Crippen molar-refractivity contribution in [3.63, 3.8) is 0 Å². The second-order valence-corrected chi connectivity index (χ2v) is 16.2. The van der Waals surface area contributed by atoms with Crippen LogP contribution in [0.2, 0.25) is 0 Å². The molecular formula is C43H84O13. The Morgan fingerprint density at radius 1 is 0.446 bits per heavy atom. The van der Waals surface area contributed by atoms with Crippen LogP contribution in [0.15, 0.2) is 0 Å². The van der Waals surface area contributed by atoms with Gasteiger partial charge in [0, 0.05) is 6.61 Å². The van der Waals surface area contributed by atoms with E-state index in [1.54, 1.807) is 0 Å². The van der Waals surface area contributed by atoms with E-state index >= 15 is 0 Å². The fraction of sp³-hybridized carbons (Fsp3) is 1.00. The zero-order chi connectivity index (χ0) is 41.1. The average molecular weight is 809 g/mol. The zero-order valence-electron chi connectivity index (χ0n) is 35.4. The Hall–Kier alpha value is -0.520. The van der Waals surface area contributed by atoms with Crippen LogP contribution in [0.4, 0.5) is 0 Å². The molecule has 13 nitrogen and oxygen atoms in total. The molecule has 0 radical (unpaired) electrons. The van der Waals surface area contributed by atoms with Crippen LogP contribution in [-0.4, -0.2) is 130 Å². The first-order chi connectivity index (χ1) is 27.1. The highest BCUT2D eigenvalue weighted by Gasteiger charge is 2.68. The molecule has 0 amide bonds. The summed E-state index contributed by atoms with van der Waals surface area (Å²) in [7, 11) is 0. The molecule has 2 heterocycles. The third kappa shape index (κ3) is 17.6. The Balaban J connectivity index is 2.01. The average Bonchev–Trinajstić information content (AvgIpc) is 3.19. The maximum Gasteiger partial charge on any atom is 0.276 e. The standard InChI is InChI=1S/C43H84O13/c1-4-7-9-11-13-15-17-19-21-23-25-27-30-53-42(49)39(48)35(33-52-40-38(47)37(46)36(45)34(32-44)55-40)56-41(51-29-6-3)43(42,50)54-31-28-26-24-22-20-18-16-14-12-10-8-5-2/h34-41,44-50H,4-33H2,1-3H3/t34-,35-,36-,37+,38-,39-,40-,41-,42-,43-/m1/s1.